The summed E-state index contributed by atoms with van der Waals surface area (Å²) in [6.07, 6.45) is -0.778. The molecule has 0 aliphatic rings. The first kappa shape index (κ1) is 43.4. The highest BCUT2D eigenvalue weighted by molar-refractivity contribution is 5.87. The summed E-state index contributed by atoms with van der Waals surface area (Å²) in [5, 5.41) is 21.6. The lowest BCUT2D eigenvalue weighted by molar-refractivity contribution is -0.132. The average Bonchev–Trinajstić information content (AvgIpc) is 3.08. The molecule has 2 aromatic carbocycles. The number of nitrogens with one attached hydrogen (secondary N) is 4. The van der Waals surface area contributed by atoms with Crippen molar-refractivity contribution in [3.8, 4) is 11.3 Å². The van der Waals surface area contributed by atoms with Gasteiger partial charge in [0.05, 0.1) is 32.1 Å². The molecule has 0 unspecified atom stereocenters. The summed E-state index contributed by atoms with van der Waals surface area (Å²) in [6.45, 7) is 10.9. The smallest absolute Gasteiger partial charge is 0.407 e. The minimum Gasteiger partial charge on any atom is -0.453 e. The Kier molecular flexibility index (Phi) is 16.5. The fraction of sp³-hybridized carbons (Fsp3) is 0.447. The second-order valence-electron chi connectivity index (χ2n) is 14.5. The summed E-state index contributed by atoms with van der Waals surface area (Å²) >= 11 is 0. The topological polar surface area (TPSA) is 171 Å². The zero-order valence-electron chi connectivity index (χ0n) is 31.1. The van der Waals surface area contributed by atoms with Crippen LogP contribution < -0.4 is 21.4 Å². The number of hydrazine groups is 1. The van der Waals surface area contributed by atoms with Crippen molar-refractivity contribution < 1.29 is 33.8 Å². The van der Waals surface area contributed by atoms with Crippen molar-refractivity contribution in [3.05, 3.63) is 90.1 Å². The van der Waals surface area contributed by atoms with Gasteiger partial charge in [-0.1, -0.05) is 102 Å². The van der Waals surface area contributed by atoms with Crippen LogP contribution in [0.2, 0.25) is 0 Å². The highest BCUT2D eigenvalue weighted by Gasteiger charge is 2.37. The number of halogens is 1. The maximum Gasteiger partial charge on any atom is 0.407 e. The molecule has 5 N–H and O–H groups in total. The Morgan fingerprint density at radius 3 is 1.77 bits per heavy atom. The van der Waals surface area contributed by atoms with Crippen LogP contribution in [0.15, 0.2) is 79.0 Å². The van der Waals surface area contributed by atoms with Crippen molar-refractivity contribution >= 4 is 36.4 Å². The molecule has 284 valence electrons. The van der Waals surface area contributed by atoms with E-state index in [0.717, 1.165) is 22.4 Å². The van der Waals surface area contributed by atoms with E-state index in [1.807, 2.05) is 93.6 Å². The number of rotatable bonds is 14. The van der Waals surface area contributed by atoms with E-state index in [4.69, 9.17) is 9.47 Å². The molecular formula is C38H53ClN6O7. The molecule has 0 radical (unpaired) electrons. The number of hydrogen-bond acceptors (Lipinski definition) is 9. The Balaban J connectivity index is 0.00000936. The third-order valence-corrected chi connectivity index (χ3v) is 8.21. The molecule has 4 atom stereocenters. The molecule has 0 saturated heterocycles. The summed E-state index contributed by atoms with van der Waals surface area (Å²) in [6, 6.07) is 19.8. The van der Waals surface area contributed by atoms with Gasteiger partial charge in [-0.05, 0) is 40.5 Å². The molecule has 0 fully saturated rings. The van der Waals surface area contributed by atoms with Crippen molar-refractivity contribution in [2.75, 3.05) is 20.8 Å². The Morgan fingerprint density at radius 2 is 1.27 bits per heavy atom. The number of ether oxygens (including phenoxy) is 2. The minimum absolute atomic E-state index is 0. The number of amides is 4. The van der Waals surface area contributed by atoms with E-state index in [2.05, 4.69) is 26.4 Å². The van der Waals surface area contributed by atoms with Crippen molar-refractivity contribution in [1.82, 2.24) is 31.4 Å². The molecule has 52 heavy (non-hydrogen) atoms. The van der Waals surface area contributed by atoms with Crippen molar-refractivity contribution in [3.63, 3.8) is 0 Å². The van der Waals surface area contributed by atoms with Gasteiger partial charge in [-0.25, -0.2) is 14.6 Å². The summed E-state index contributed by atoms with van der Waals surface area (Å²) < 4.78 is 9.54. The highest BCUT2D eigenvalue weighted by atomic mass is 35.5. The van der Waals surface area contributed by atoms with E-state index in [9.17, 15) is 24.3 Å². The van der Waals surface area contributed by atoms with Gasteiger partial charge in [0.25, 0.3) is 5.91 Å². The molecule has 0 aliphatic carbocycles. The number of carbonyl (C=O) groups is 4. The van der Waals surface area contributed by atoms with Crippen LogP contribution in [0.25, 0.3) is 11.3 Å². The fourth-order valence-corrected chi connectivity index (χ4v) is 5.38. The molecule has 0 aliphatic heterocycles. The van der Waals surface area contributed by atoms with Gasteiger partial charge < -0.3 is 30.5 Å². The lowest BCUT2D eigenvalue weighted by Crippen LogP contribution is -2.60. The Morgan fingerprint density at radius 1 is 0.731 bits per heavy atom. The van der Waals surface area contributed by atoms with Gasteiger partial charge in [0, 0.05) is 24.8 Å². The molecule has 4 amide bonds. The SMILES string of the molecule is COC(=O)N[C@H](C(=O)N[C@@H](Cc1ccccc1)[C@H](O)CN(Cc1ccc(-c2ccccn2)cc1)NC(=O)[C@H](NC(=O)OC)C(C)(C)C)C(C)(C)C.Cl. The predicted octanol–water partition coefficient (Wildman–Crippen LogP) is 4.63. The van der Waals surface area contributed by atoms with Crippen LogP contribution in [-0.2, 0) is 32.0 Å². The van der Waals surface area contributed by atoms with E-state index in [1.54, 1.807) is 32.0 Å². The maximum atomic E-state index is 13.8. The van der Waals surface area contributed by atoms with Gasteiger partial charge in [0.2, 0.25) is 5.91 Å². The molecule has 13 nitrogen and oxygen atoms in total. The quantitative estimate of drug-likeness (QED) is 0.148. The Bertz CT molecular complexity index is 1580. The predicted molar refractivity (Wildman–Crippen MR) is 201 cm³/mol. The number of aliphatic hydroxyl groups is 1. The lowest BCUT2D eigenvalue weighted by Gasteiger charge is -2.35. The average molecular weight is 741 g/mol. The van der Waals surface area contributed by atoms with Gasteiger partial charge >= 0.3 is 12.2 Å². The van der Waals surface area contributed by atoms with E-state index < -0.39 is 59.1 Å². The number of hydrogen-bond donors (Lipinski definition) is 5. The van der Waals surface area contributed by atoms with Crippen molar-refractivity contribution in [1.29, 1.82) is 0 Å². The number of alkyl carbamates (subject to hydrolysis) is 2. The normalized spacial score (nSPS) is 13.7. The zero-order chi connectivity index (χ0) is 37.8. The molecule has 3 aromatic rings. The van der Waals surface area contributed by atoms with Crippen LogP contribution in [0.5, 0.6) is 0 Å². The third-order valence-electron chi connectivity index (χ3n) is 8.21. The number of nitrogens with zero attached hydrogens (tertiary/aromatic N) is 2. The molecule has 3 rings (SSSR count). The van der Waals surface area contributed by atoms with Crippen molar-refractivity contribution in [2.24, 2.45) is 10.8 Å². The molecule has 0 bridgehead atoms. The molecule has 0 saturated carbocycles. The van der Waals surface area contributed by atoms with Gasteiger partial charge in [0.15, 0.2) is 0 Å². The number of aromatic nitrogens is 1. The van der Waals surface area contributed by atoms with Crippen LogP contribution in [0.3, 0.4) is 0 Å². The first-order valence-corrected chi connectivity index (χ1v) is 16.8. The molecule has 1 aromatic heterocycles. The second kappa shape index (κ2) is 19.8. The fourth-order valence-electron chi connectivity index (χ4n) is 5.38. The van der Waals surface area contributed by atoms with Gasteiger partial charge in [-0.15, -0.1) is 12.4 Å². The maximum absolute atomic E-state index is 13.8. The number of benzene rings is 2. The standard InChI is InChI=1S/C38H52N6O7.ClH/c1-37(2,3)31(41-35(48)50-7)33(46)40-29(22-25-14-10-9-11-15-25)30(45)24-44(43-34(47)32(38(4,5)6)42-36(49)51-8)23-26-17-19-27(20-18-26)28-16-12-13-21-39-28;/h9-21,29-32,45H,22-24H2,1-8H3,(H,40,46)(H,41,48)(H,42,49)(H,43,47);1H/t29-,30+,31+,32-;/m0./s1. The first-order chi connectivity index (χ1) is 24.0. The van der Waals surface area contributed by atoms with Crippen LogP contribution in [-0.4, -0.2) is 84.1 Å². The van der Waals surface area contributed by atoms with Crippen LogP contribution in [0, 0.1) is 10.8 Å². The number of carbonyl (C=O) groups excluding carboxylic acids is 4. The molecule has 14 heteroatoms. The van der Waals surface area contributed by atoms with Crippen LogP contribution in [0.1, 0.15) is 52.7 Å². The summed E-state index contributed by atoms with van der Waals surface area (Å²) in [4.78, 5) is 56.3. The Labute approximate surface area is 312 Å². The van der Waals surface area contributed by atoms with E-state index >= 15 is 0 Å². The van der Waals surface area contributed by atoms with E-state index in [0.29, 0.717) is 0 Å². The van der Waals surface area contributed by atoms with Crippen molar-refractivity contribution in [2.45, 2.75) is 78.7 Å². The summed E-state index contributed by atoms with van der Waals surface area (Å²) in [7, 11) is 2.44. The van der Waals surface area contributed by atoms with Crippen LogP contribution >= 0.6 is 12.4 Å². The number of aliphatic hydroxyl groups excluding tert-OH is 1. The third kappa shape index (κ3) is 13.4. The molecule has 0 spiro atoms. The molecule has 1 heterocycles. The van der Waals surface area contributed by atoms with E-state index in [1.165, 1.54) is 14.2 Å². The number of methoxy groups -OCH3 is 2. The lowest BCUT2D eigenvalue weighted by atomic mass is 9.85. The zero-order valence-corrected chi connectivity index (χ0v) is 32.0. The number of pyridine rings is 1. The monoisotopic (exact) mass is 740 g/mol. The first-order valence-electron chi connectivity index (χ1n) is 16.8. The second-order valence-corrected chi connectivity index (χ2v) is 14.5. The van der Waals surface area contributed by atoms with Gasteiger partial charge in [0.1, 0.15) is 12.1 Å². The molecular weight excluding hydrogens is 688 g/mol. The van der Waals surface area contributed by atoms with Gasteiger partial charge in [-0.3, -0.25) is 20.0 Å². The Hall–Kier alpha value is -4.72. The van der Waals surface area contributed by atoms with Gasteiger partial charge in [-0.2, -0.15) is 0 Å². The van der Waals surface area contributed by atoms with Crippen LogP contribution in [0.4, 0.5) is 9.59 Å². The summed E-state index contributed by atoms with van der Waals surface area (Å²) in [5.41, 5.74) is 4.88. The highest BCUT2D eigenvalue weighted by Crippen LogP contribution is 2.23. The van der Waals surface area contributed by atoms with E-state index in [-0.39, 0.29) is 31.9 Å². The largest absolute Gasteiger partial charge is 0.453 e. The minimum atomic E-state index is -1.22. The summed E-state index contributed by atoms with van der Waals surface area (Å²) in [5.74, 6) is -1.03.